The van der Waals surface area contributed by atoms with E-state index in [1.165, 1.54) is 10.7 Å². The molecule has 5 rings (SSSR count). The maximum Gasteiger partial charge on any atom is 0.274 e. The number of hydrogen-bond donors (Lipinski definition) is 1. The summed E-state index contributed by atoms with van der Waals surface area (Å²) in [5, 5.41) is 7.65. The lowest BCUT2D eigenvalue weighted by Crippen LogP contribution is -2.65. The smallest absolute Gasteiger partial charge is 0.274 e. The van der Waals surface area contributed by atoms with Crippen molar-refractivity contribution in [1.82, 2.24) is 24.9 Å². The van der Waals surface area contributed by atoms with E-state index in [9.17, 15) is 18.8 Å². The zero-order valence-electron chi connectivity index (χ0n) is 21.6. The van der Waals surface area contributed by atoms with Crippen molar-refractivity contribution >= 4 is 23.4 Å². The number of para-hydroxylation sites is 1. The standard InChI is InChI=1S/C27H35FN6O3/c1-3-12-33-25(36)23-17-21(30-34(23)18-27(33,2)26(37)29-19-8-4-5-9-19)24(35)32-15-13-31(14-16-32)22-11-7-6-10-20(22)28/h6-7,10-11,17,19H,3-5,8-9,12-16,18H2,1-2H3,(H,29,37)/t27-/m1/s1. The Labute approximate surface area is 216 Å². The van der Waals surface area contributed by atoms with Gasteiger partial charge in [-0.25, -0.2) is 4.39 Å². The van der Waals surface area contributed by atoms with Crippen molar-refractivity contribution in [3.63, 3.8) is 0 Å². The number of anilines is 1. The highest BCUT2D eigenvalue weighted by molar-refractivity contribution is 6.02. The first-order valence-electron chi connectivity index (χ1n) is 13.3. The second-order valence-electron chi connectivity index (χ2n) is 10.5. The predicted molar refractivity (Wildman–Crippen MR) is 137 cm³/mol. The van der Waals surface area contributed by atoms with E-state index in [0.29, 0.717) is 50.5 Å². The summed E-state index contributed by atoms with van der Waals surface area (Å²) < 4.78 is 15.7. The third-order valence-electron chi connectivity index (χ3n) is 7.90. The van der Waals surface area contributed by atoms with Crippen LogP contribution in [-0.2, 0) is 11.3 Å². The summed E-state index contributed by atoms with van der Waals surface area (Å²) in [6.45, 7) is 6.26. The number of amides is 3. The average Bonchev–Trinajstić information content (AvgIpc) is 3.56. The Morgan fingerprint density at radius 3 is 2.51 bits per heavy atom. The van der Waals surface area contributed by atoms with E-state index in [1.54, 1.807) is 41.0 Å². The summed E-state index contributed by atoms with van der Waals surface area (Å²) in [4.78, 5) is 45.5. The molecule has 0 unspecified atom stereocenters. The van der Waals surface area contributed by atoms with Gasteiger partial charge in [0.25, 0.3) is 11.8 Å². The molecule has 9 nitrogen and oxygen atoms in total. The van der Waals surface area contributed by atoms with Crippen LogP contribution in [0.3, 0.4) is 0 Å². The molecule has 3 aliphatic rings. The summed E-state index contributed by atoms with van der Waals surface area (Å²) >= 11 is 0. The number of piperazine rings is 1. The number of fused-ring (bicyclic) bond motifs is 1. The Morgan fingerprint density at radius 1 is 1.14 bits per heavy atom. The van der Waals surface area contributed by atoms with Crippen LogP contribution in [-0.4, -0.2) is 81.6 Å². The molecular formula is C27H35FN6O3. The molecule has 2 aliphatic heterocycles. The lowest BCUT2D eigenvalue weighted by molar-refractivity contribution is -0.133. The average molecular weight is 511 g/mol. The van der Waals surface area contributed by atoms with Crippen molar-refractivity contribution < 1.29 is 18.8 Å². The molecule has 0 spiro atoms. The van der Waals surface area contributed by atoms with Gasteiger partial charge in [-0.1, -0.05) is 31.9 Å². The second kappa shape index (κ2) is 10.1. The van der Waals surface area contributed by atoms with Gasteiger partial charge in [0, 0.05) is 44.8 Å². The van der Waals surface area contributed by atoms with Gasteiger partial charge in [0.1, 0.15) is 17.1 Å². The molecule has 2 aromatic rings. The molecular weight excluding hydrogens is 475 g/mol. The summed E-state index contributed by atoms with van der Waals surface area (Å²) in [7, 11) is 0. The molecule has 1 N–H and O–H groups in total. The molecule has 3 heterocycles. The summed E-state index contributed by atoms with van der Waals surface area (Å²) in [5.41, 5.74) is -0.0307. The number of nitrogens with one attached hydrogen (secondary N) is 1. The van der Waals surface area contributed by atoms with Gasteiger partial charge in [-0.3, -0.25) is 19.1 Å². The second-order valence-corrected chi connectivity index (χ2v) is 10.5. The summed E-state index contributed by atoms with van der Waals surface area (Å²) in [6.07, 6.45) is 4.83. The van der Waals surface area contributed by atoms with Crippen LogP contribution in [0.5, 0.6) is 0 Å². The van der Waals surface area contributed by atoms with Crippen LogP contribution < -0.4 is 10.2 Å². The van der Waals surface area contributed by atoms with Crippen molar-refractivity contribution in [3.8, 4) is 0 Å². The van der Waals surface area contributed by atoms with Crippen molar-refractivity contribution in [1.29, 1.82) is 0 Å². The van der Waals surface area contributed by atoms with Crippen LogP contribution in [0.1, 0.15) is 66.9 Å². The van der Waals surface area contributed by atoms with Gasteiger partial charge in [-0.05, 0) is 38.3 Å². The van der Waals surface area contributed by atoms with Crippen molar-refractivity contribution in [3.05, 3.63) is 47.5 Å². The van der Waals surface area contributed by atoms with E-state index >= 15 is 0 Å². The fourth-order valence-electron chi connectivity index (χ4n) is 5.75. The van der Waals surface area contributed by atoms with Crippen LogP contribution in [0.2, 0.25) is 0 Å². The lowest BCUT2D eigenvalue weighted by Gasteiger charge is -2.43. The minimum Gasteiger partial charge on any atom is -0.366 e. The minimum absolute atomic E-state index is 0.141. The van der Waals surface area contributed by atoms with Gasteiger partial charge >= 0.3 is 0 Å². The molecule has 0 bridgehead atoms. The Morgan fingerprint density at radius 2 is 1.84 bits per heavy atom. The van der Waals surface area contributed by atoms with Gasteiger partial charge in [0.15, 0.2) is 5.69 Å². The quantitative estimate of drug-likeness (QED) is 0.645. The topological polar surface area (TPSA) is 90.8 Å². The molecule has 10 heteroatoms. The van der Waals surface area contributed by atoms with Crippen molar-refractivity contribution in [2.24, 2.45) is 0 Å². The highest BCUT2D eigenvalue weighted by Gasteiger charge is 2.48. The first-order valence-corrected chi connectivity index (χ1v) is 13.3. The van der Waals surface area contributed by atoms with E-state index in [4.69, 9.17) is 0 Å². The molecule has 37 heavy (non-hydrogen) atoms. The summed E-state index contributed by atoms with van der Waals surface area (Å²) in [5.74, 6) is -0.992. The van der Waals surface area contributed by atoms with E-state index in [0.717, 1.165) is 25.7 Å². The molecule has 1 aromatic heterocycles. The fourth-order valence-corrected chi connectivity index (χ4v) is 5.75. The van der Waals surface area contributed by atoms with Gasteiger partial charge in [0.05, 0.1) is 12.2 Å². The van der Waals surface area contributed by atoms with Gasteiger partial charge in [-0.15, -0.1) is 0 Å². The minimum atomic E-state index is -1.08. The Hall–Kier alpha value is -3.43. The molecule has 1 saturated heterocycles. The highest BCUT2D eigenvalue weighted by Crippen LogP contribution is 2.29. The SMILES string of the molecule is CCCN1C(=O)c2cc(C(=O)N3CCN(c4ccccc4F)CC3)nn2C[C@]1(C)C(=O)NC1CCCC1. The first-order chi connectivity index (χ1) is 17.8. The van der Waals surface area contributed by atoms with Gasteiger partial charge < -0.3 is 20.0 Å². The number of carbonyl (C=O) groups is 3. The van der Waals surface area contributed by atoms with Gasteiger partial charge in [0.2, 0.25) is 5.91 Å². The number of halogens is 1. The number of aromatic nitrogens is 2. The molecule has 1 aromatic carbocycles. The third-order valence-corrected chi connectivity index (χ3v) is 7.90. The largest absolute Gasteiger partial charge is 0.366 e. The van der Waals surface area contributed by atoms with E-state index < -0.39 is 5.54 Å². The van der Waals surface area contributed by atoms with E-state index in [-0.39, 0.29) is 41.8 Å². The third kappa shape index (κ3) is 4.69. The normalized spacial score (nSPS) is 22.4. The number of nitrogens with zero attached hydrogens (tertiary/aromatic N) is 5. The van der Waals surface area contributed by atoms with Crippen molar-refractivity contribution in [2.45, 2.75) is 64.1 Å². The maximum atomic E-state index is 14.2. The van der Waals surface area contributed by atoms with E-state index in [2.05, 4.69) is 10.4 Å². The molecule has 198 valence electrons. The maximum absolute atomic E-state index is 14.2. The number of benzene rings is 1. The van der Waals surface area contributed by atoms with Crippen LogP contribution in [0.25, 0.3) is 0 Å². The van der Waals surface area contributed by atoms with Crippen LogP contribution in [0, 0.1) is 5.82 Å². The number of rotatable bonds is 6. The van der Waals surface area contributed by atoms with Gasteiger partial charge in [-0.2, -0.15) is 5.10 Å². The lowest BCUT2D eigenvalue weighted by atomic mass is 9.94. The molecule has 0 radical (unpaired) electrons. The molecule has 1 saturated carbocycles. The van der Waals surface area contributed by atoms with Crippen LogP contribution in [0.15, 0.2) is 30.3 Å². The Balaban J connectivity index is 1.32. The van der Waals surface area contributed by atoms with E-state index in [1.807, 2.05) is 11.8 Å². The molecule has 3 amide bonds. The number of hydrogen-bond acceptors (Lipinski definition) is 5. The highest BCUT2D eigenvalue weighted by atomic mass is 19.1. The Bertz CT molecular complexity index is 1180. The predicted octanol–water partition coefficient (Wildman–Crippen LogP) is 2.67. The van der Waals surface area contributed by atoms with Crippen LogP contribution >= 0.6 is 0 Å². The zero-order chi connectivity index (χ0) is 26.2. The van der Waals surface area contributed by atoms with Crippen molar-refractivity contribution in [2.75, 3.05) is 37.6 Å². The fraction of sp³-hybridized carbons (Fsp3) is 0.556. The molecule has 2 fully saturated rings. The molecule has 1 aliphatic carbocycles. The summed E-state index contributed by atoms with van der Waals surface area (Å²) in [6, 6.07) is 8.32. The molecule has 1 atom stereocenters. The van der Waals surface area contributed by atoms with Crippen LogP contribution in [0.4, 0.5) is 10.1 Å². The Kier molecular flexibility index (Phi) is 6.92. The number of carbonyl (C=O) groups excluding carboxylic acids is 3. The first kappa shape index (κ1) is 25.2. The zero-order valence-corrected chi connectivity index (χ0v) is 21.6. The monoisotopic (exact) mass is 510 g/mol.